The molecule has 0 saturated heterocycles. The highest BCUT2D eigenvalue weighted by Gasteiger charge is 2.56. The molecule has 0 spiro atoms. The van der Waals surface area contributed by atoms with Crippen molar-refractivity contribution in [3.8, 4) is 0 Å². The highest BCUT2D eigenvalue weighted by atomic mass is 79.9. The van der Waals surface area contributed by atoms with E-state index in [2.05, 4.69) is 27.2 Å². The van der Waals surface area contributed by atoms with E-state index >= 15 is 0 Å². The maximum Gasteiger partial charge on any atom is 0.412 e. The topological polar surface area (TPSA) is 75.6 Å². The number of rotatable bonds is 6. The molecule has 1 aliphatic heterocycles. The second kappa shape index (κ2) is 9.35. The third-order valence-electron chi connectivity index (χ3n) is 5.58. The zero-order valence-electron chi connectivity index (χ0n) is 18.0. The molecule has 0 radical (unpaired) electrons. The number of amides is 1. The zero-order valence-corrected chi connectivity index (χ0v) is 21.2. The monoisotopic (exact) mass is 542 g/mol. The lowest BCUT2D eigenvalue weighted by Crippen LogP contribution is -2.62. The summed E-state index contributed by atoms with van der Waals surface area (Å²) in [5, 5.41) is 10.2. The number of carboxylic acid groups (broad SMARTS) is 1. The summed E-state index contributed by atoms with van der Waals surface area (Å²) in [7, 11) is 0. The Balaban J connectivity index is 2.31. The van der Waals surface area contributed by atoms with Crippen molar-refractivity contribution in [3.63, 3.8) is 0 Å². The van der Waals surface area contributed by atoms with Gasteiger partial charge in [-0.3, -0.25) is 4.90 Å². The molecule has 9 heteroatoms. The van der Waals surface area contributed by atoms with Gasteiger partial charge >= 0.3 is 6.09 Å². The van der Waals surface area contributed by atoms with Gasteiger partial charge in [0.1, 0.15) is 16.1 Å². The van der Waals surface area contributed by atoms with E-state index in [4.69, 9.17) is 11.6 Å². The van der Waals surface area contributed by atoms with Crippen LogP contribution >= 0.6 is 27.5 Å². The van der Waals surface area contributed by atoms with E-state index in [-0.39, 0.29) is 17.1 Å². The Hall–Kier alpha value is -1.58. The van der Waals surface area contributed by atoms with Gasteiger partial charge in [-0.1, -0.05) is 48.0 Å². The van der Waals surface area contributed by atoms with Gasteiger partial charge in [0.15, 0.2) is 0 Å². The van der Waals surface area contributed by atoms with E-state index in [0.717, 1.165) is 6.07 Å². The third kappa shape index (κ3) is 4.31. The third-order valence-corrected chi connectivity index (χ3v) is 8.66. The van der Waals surface area contributed by atoms with Crippen LogP contribution in [0, 0.1) is 5.82 Å². The van der Waals surface area contributed by atoms with Crippen LogP contribution in [0.2, 0.25) is 5.02 Å². The van der Waals surface area contributed by atoms with Crippen molar-refractivity contribution in [1.29, 1.82) is 0 Å². The molecule has 2 unspecified atom stereocenters. The van der Waals surface area contributed by atoms with Crippen molar-refractivity contribution < 1.29 is 18.8 Å². The molecule has 0 bridgehead atoms. The summed E-state index contributed by atoms with van der Waals surface area (Å²) in [5.41, 5.74) is 0.240. The summed E-state index contributed by atoms with van der Waals surface area (Å²) >= 11 is 8.00. The first kappa shape index (κ1) is 25.1. The van der Waals surface area contributed by atoms with Crippen LogP contribution in [0.1, 0.15) is 38.3 Å². The van der Waals surface area contributed by atoms with Gasteiger partial charge in [-0.05, 0) is 60.3 Å². The van der Waals surface area contributed by atoms with Gasteiger partial charge in [0.05, 0.1) is 16.8 Å². The normalized spacial score (nSPS) is 20.0. The van der Waals surface area contributed by atoms with Crippen LogP contribution in [-0.4, -0.2) is 26.5 Å². The van der Waals surface area contributed by atoms with Gasteiger partial charge in [-0.25, -0.2) is 9.18 Å². The van der Waals surface area contributed by atoms with Crippen molar-refractivity contribution >= 4 is 50.7 Å². The zero-order chi connectivity index (χ0) is 23.8. The van der Waals surface area contributed by atoms with E-state index in [1.54, 1.807) is 6.08 Å². The summed E-state index contributed by atoms with van der Waals surface area (Å²) in [5.74, 6) is -0.723. The fourth-order valence-electron chi connectivity index (χ4n) is 4.08. The molecule has 32 heavy (non-hydrogen) atoms. The van der Waals surface area contributed by atoms with E-state index in [1.165, 1.54) is 4.90 Å². The average Bonchev–Trinajstić information content (AvgIpc) is 3.08. The van der Waals surface area contributed by atoms with E-state index in [9.17, 15) is 18.8 Å². The molecular formula is C23H25BrClFN2O3S. The summed E-state index contributed by atoms with van der Waals surface area (Å²) < 4.78 is 30.6. The molecule has 1 aliphatic rings. The van der Waals surface area contributed by atoms with Gasteiger partial charge in [0.2, 0.25) is 0 Å². The number of nitrogens with one attached hydrogen (secondary N) is 1. The van der Waals surface area contributed by atoms with Crippen LogP contribution < -0.4 is 9.62 Å². The van der Waals surface area contributed by atoms with Crippen LogP contribution in [0.3, 0.4) is 0 Å². The molecule has 0 saturated carbocycles. The molecule has 0 aromatic heterocycles. The van der Waals surface area contributed by atoms with Crippen LogP contribution in [0.25, 0.3) is 0 Å². The maximum atomic E-state index is 14.6. The fourth-order valence-corrected chi connectivity index (χ4v) is 5.68. The van der Waals surface area contributed by atoms with Crippen molar-refractivity contribution in [2.75, 3.05) is 4.90 Å². The summed E-state index contributed by atoms with van der Waals surface area (Å²) in [6.45, 7) is 9.34. The number of carbonyl (C=O) groups is 1. The molecule has 5 nitrogen and oxygen atoms in total. The number of hydrogen-bond donors (Lipinski definition) is 2. The Labute approximate surface area is 204 Å². The molecule has 1 amide bonds. The molecule has 2 aromatic rings. The van der Waals surface area contributed by atoms with Gasteiger partial charge in [0.25, 0.3) is 0 Å². The number of fused-ring (bicyclic) bond motifs is 1. The quantitative estimate of drug-likeness (QED) is 0.259. The van der Waals surface area contributed by atoms with Crippen LogP contribution in [-0.2, 0) is 23.3 Å². The largest absolute Gasteiger partial charge is 0.598 e. The van der Waals surface area contributed by atoms with Crippen molar-refractivity contribution in [2.45, 2.75) is 49.9 Å². The second-order valence-corrected chi connectivity index (χ2v) is 11.8. The van der Waals surface area contributed by atoms with E-state index in [1.807, 2.05) is 51.1 Å². The molecule has 2 N–H and O–H groups in total. The first-order chi connectivity index (χ1) is 14.9. The fraction of sp³-hybridized carbons (Fsp3) is 0.348. The van der Waals surface area contributed by atoms with Crippen molar-refractivity contribution in [3.05, 3.63) is 75.5 Å². The highest BCUT2D eigenvalue weighted by Crippen LogP contribution is 2.52. The molecule has 2 aromatic carbocycles. The molecule has 3 atom stereocenters. The minimum Gasteiger partial charge on any atom is -0.598 e. The van der Waals surface area contributed by atoms with Gasteiger partial charge in [-0.15, -0.1) is 11.3 Å². The second-order valence-electron chi connectivity index (χ2n) is 8.64. The number of anilines is 1. The van der Waals surface area contributed by atoms with Crippen LogP contribution in [0.15, 0.2) is 53.5 Å². The predicted molar refractivity (Wildman–Crippen MR) is 131 cm³/mol. The smallest absolute Gasteiger partial charge is 0.412 e. The number of nitrogens with zero attached hydrogens (tertiary/aromatic N) is 1. The summed E-state index contributed by atoms with van der Waals surface area (Å²) in [6.07, 6.45) is 0.932. The minimum atomic E-state index is -1.50. The minimum absolute atomic E-state index is 0.107. The van der Waals surface area contributed by atoms with E-state index < -0.39 is 39.6 Å². The lowest BCUT2D eigenvalue weighted by atomic mass is 9.78. The van der Waals surface area contributed by atoms with E-state index in [0.29, 0.717) is 22.0 Å². The lowest BCUT2D eigenvalue weighted by Gasteiger charge is -2.44. The summed E-state index contributed by atoms with van der Waals surface area (Å²) in [6, 6.07) is 9.63. The first-order valence-corrected chi connectivity index (χ1v) is 12.3. The number of hydrogen-bond acceptors (Lipinski definition) is 3. The Kier molecular flexibility index (Phi) is 7.32. The van der Waals surface area contributed by atoms with Crippen molar-refractivity contribution in [2.24, 2.45) is 0 Å². The Bertz CT molecular complexity index is 1030. The van der Waals surface area contributed by atoms with Crippen LogP contribution in [0.5, 0.6) is 0 Å². The van der Waals surface area contributed by atoms with Crippen LogP contribution in [0.4, 0.5) is 14.9 Å². The van der Waals surface area contributed by atoms with Gasteiger partial charge < -0.3 is 9.66 Å². The lowest BCUT2D eigenvalue weighted by molar-refractivity contribution is 0.187. The SMILES string of the molecule is C=CC[C@@H](N[S+]([O-])C(C)(C)C)C1(c2ccccc2)Cc2c(cc(F)c(Cl)c2Br)N1C(=O)O. The molecule has 0 aliphatic carbocycles. The average molecular weight is 544 g/mol. The standard InChI is InChI=1S/C23H25BrClFN2O3S/c1-5-9-18(27-32(31)22(2,3)4)23(14-10-7-6-8-11-14)13-15-17(28(23)21(29)30)12-16(26)20(25)19(15)24/h5-8,10-12,18,27H,1,9,13H2,2-4H3,(H,29,30)/t18-,23?,32?/m1/s1. The Morgan fingerprint density at radius 3 is 2.62 bits per heavy atom. The molecule has 172 valence electrons. The number of halogens is 3. The molecule has 1 heterocycles. The van der Waals surface area contributed by atoms with Gasteiger partial charge in [-0.2, -0.15) is 0 Å². The Morgan fingerprint density at radius 2 is 2.09 bits per heavy atom. The van der Waals surface area contributed by atoms with Crippen molar-refractivity contribution in [1.82, 2.24) is 4.72 Å². The molecule has 0 fully saturated rings. The number of benzene rings is 2. The molecule has 3 rings (SSSR count). The van der Waals surface area contributed by atoms with Gasteiger partial charge in [0, 0.05) is 22.3 Å². The Morgan fingerprint density at radius 1 is 1.47 bits per heavy atom. The molecular weight excluding hydrogens is 519 g/mol. The highest BCUT2D eigenvalue weighted by molar-refractivity contribution is 9.10. The predicted octanol–water partition coefficient (Wildman–Crippen LogP) is 6.17. The first-order valence-electron chi connectivity index (χ1n) is 9.99. The maximum absolute atomic E-state index is 14.6. The summed E-state index contributed by atoms with van der Waals surface area (Å²) in [4.78, 5) is 13.8.